The smallest absolute Gasteiger partial charge is 0.343 e. The van der Waals surface area contributed by atoms with Gasteiger partial charge in [-0.25, -0.2) is 13.2 Å². The van der Waals surface area contributed by atoms with Crippen LogP contribution in [0.1, 0.15) is 73.6 Å². The van der Waals surface area contributed by atoms with Crippen molar-refractivity contribution in [3.63, 3.8) is 0 Å². The molecule has 278 valence electrons. The van der Waals surface area contributed by atoms with E-state index in [1.165, 1.54) is 22.1 Å². The van der Waals surface area contributed by atoms with Gasteiger partial charge in [0, 0.05) is 80.9 Å². The van der Waals surface area contributed by atoms with Crippen molar-refractivity contribution in [1.29, 1.82) is 0 Å². The number of carbonyl (C=O) groups is 1. The maximum absolute atomic E-state index is 14.5. The number of anilines is 1. The van der Waals surface area contributed by atoms with Crippen molar-refractivity contribution in [3.05, 3.63) is 94.1 Å². The van der Waals surface area contributed by atoms with E-state index in [9.17, 15) is 18.0 Å². The normalized spacial score (nSPS) is 19.9. The quantitative estimate of drug-likeness (QED) is 0.164. The third-order valence-corrected chi connectivity index (χ3v) is 11.2. The van der Waals surface area contributed by atoms with Gasteiger partial charge >= 0.3 is 6.01 Å². The summed E-state index contributed by atoms with van der Waals surface area (Å²) in [6.45, 7) is 9.11. The number of halogens is 4. The Bertz CT molecular complexity index is 2010. The molecule has 0 atom stereocenters. The summed E-state index contributed by atoms with van der Waals surface area (Å²) in [4.78, 5) is 28.8. The molecule has 0 bridgehead atoms. The molecule has 10 nitrogen and oxygen atoms in total. The lowest BCUT2D eigenvalue weighted by Crippen LogP contribution is -2.65. The van der Waals surface area contributed by atoms with Gasteiger partial charge in [0.1, 0.15) is 23.4 Å². The van der Waals surface area contributed by atoms with Crippen molar-refractivity contribution < 1.29 is 27.4 Å². The van der Waals surface area contributed by atoms with Crippen LogP contribution in [0.25, 0.3) is 0 Å². The molecular formula is C39H41ClF3N7O3. The number of fused-ring (bicyclic) bond motifs is 1. The maximum atomic E-state index is 14.5. The first-order chi connectivity index (χ1) is 25.3. The number of benzene rings is 2. The Morgan fingerprint density at radius 3 is 2.53 bits per heavy atom. The Balaban J connectivity index is 0.910. The molecule has 0 N–H and O–H groups in total. The van der Waals surface area contributed by atoms with E-state index in [0.717, 1.165) is 62.5 Å². The maximum Gasteiger partial charge on any atom is 0.343 e. The van der Waals surface area contributed by atoms with Gasteiger partial charge in [-0.05, 0) is 63.4 Å². The molecule has 2 aromatic heterocycles. The summed E-state index contributed by atoms with van der Waals surface area (Å²) in [5.74, 6) is -2.90. The van der Waals surface area contributed by atoms with E-state index in [1.54, 1.807) is 20.8 Å². The first-order valence-corrected chi connectivity index (χ1v) is 18.4. The molecule has 4 aromatic rings. The predicted octanol–water partition coefficient (Wildman–Crippen LogP) is 7.50. The number of pyridine rings is 1. The molecule has 1 saturated heterocycles. The van der Waals surface area contributed by atoms with Crippen LogP contribution < -0.4 is 14.4 Å². The molecule has 2 aromatic carbocycles. The second kappa shape index (κ2) is 13.4. The highest BCUT2D eigenvalue weighted by atomic mass is 35.5. The third-order valence-electron chi connectivity index (χ3n) is 10.9. The molecule has 2 saturated carbocycles. The molecular weight excluding hydrogens is 707 g/mol. The van der Waals surface area contributed by atoms with Crippen LogP contribution in [0.15, 0.2) is 60.8 Å². The molecule has 4 heterocycles. The van der Waals surface area contributed by atoms with E-state index in [0.29, 0.717) is 18.9 Å². The Hall–Kier alpha value is -4.49. The summed E-state index contributed by atoms with van der Waals surface area (Å²) < 4.78 is 54.9. The number of rotatable bonds is 10. The Kier molecular flexibility index (Phi) is 9.00. The number of hydrogen-bond donors (Lipinski definition) is 0. The molecule has 14 heteroatoms. The van der Waals surface area contributed by atoms with Gasteiger partial charge in [0.25, 0.3) is 11.8 Å². The van der Waals surface area contributed by atoms with Crippen LogP contribution >= 0.6 is 11.6 Å². The lowest BCUT2D eigenvalue weighted by molar-refractivity contribution is -0.163. The number of alkyl halides is 2. The van der Waals surface area contributed by atoms with Crippen molar-refractivity contribution >= 4 is 23.3 Å². The van der Waals surface area contributed by atoms with E-state index in [4.69, 9.17) is 21.1 Å². The fraction of sp³-hybridized carbons (Fsp3) is 0.462. The van der Waals surface area contributed by atoms with Crippen molar-refractivity contribution in [2.24, 2.45) is 5.41 Å². The van der Waals surface area contributed by atoms with Crippen molar-refractivity contribution in [1.82, 2.24) is 30.0 Å². The fourth-order valence-corrected chi connectivity index (χ4v) is 8.95. The standard InChI is InChI=1S/C39H41ClF3N7O3/c1-24(2)50(37(3)20-39(42,43)21-37)35(51)28-15-26(41)9-10-31(28)53-36-45-34(33(40)46-47-36)49-22-38(23-49)16-27(17-38)52-32-11-13-44-30-12-14-48(19-29(30)32)18-25-7-5-4-6-8-25/h4-11,13,15,24,27H,12,14,16-23H2,1-3H3. The molecule has 4 aliphatic rings. The molecule has 8 rings (SSSR count). The SMILES string of the molecule is CC(C)N(C(=O)c1cc(F)ccc1Oc1nnc(Cl)c(N2CC3(CC(Oc4ccnc5c4CN(Cc4ccccc4)CC5)C3)C2)n1)C1(C)CC(F)(F)C1. The highest BCUT2D eigenvalue weighted by molar-refractivity contribution is 6.31. The second-order valence-corrected chi connectivity index (χ2v) is 16.0. The van der Waals surface area contributed by atoms with Crippen LogP contribution in [0.2, 0.25) is 5.15 Å². The molecule has 1 spiro atoms. The number of carbonyl (C=O) groups excluding carboxylic acids is 1. The van der Waals surface area contributed by atoms with Gasteiger partial charge in [-0.15, -0.1) is 5.10 Å². The van der Waals surface area contributed by atoms with E-state index >= 15 is 0 Å². The van der Waals surface area contributed by atoms with Crippen LogP contribution in [-0.4, -0.2) is 79.1 Å². The summed E-state index contributed by atoms with van der Waals surface area (Å²) in [7, 11) is 0. The van der Waals surface area contributed by atoms with Gasteiger partial charge in [0.05, 0.1) is 11.1 Å². The Labute approximate surface area is 311 Å². The zero-order valence-electron chi connectivity index (χ0n) is 29.9. The van der Waals surface area contributed by atoms with Crippen LogP contribution in [0.4, 0.5) is 19.0 Å². The molecule has 2 aliphatic carbocycles. The average Bonchev–Trinajstić information content (AvgIpc) is 3.06. The molecule has 53 heavy (non-hydrogen) atoms. The molecule has 3 fully saturated rings. The summed E-state index contributed by atoms with van der Waals surface area (Å²) in [6.07, 6.45) is 3.61. The van der Waals surface area contributed by atoms with Crippen LogP contribution in [0.5, 0.6) is 17.5 Å². The summed E-state index contributed by atoms with van der Waals surface area (Å²) in [5.41, 5.74) is 2.39. The number of nitrogens with zero attached hydrogens (tertiary/aromatic N) is 7. The first kappa shape index (κ1) is 35.5. The van der Waals surface area contributed by atoms with Crippen LogP contribution in [0.3, 0.4) is 0 Å². The lowest BCUT2D eigenvalue weighted by Gasteiger charge is -2.58. The minimum absolute atomic E-state index is 0.0210. The monoisotopic (exact) mass is 747 g/mol. The lowest BCUT2D eigenvalue weighted by atomic mass is 9.61. The van der Waals surface area contributed by atoms with Crippen molar-refractivity contribution in [2.45, 2.75) is 89.6 Å². The van der Waals surface area contributed by atoms with Gasteiger partial charge in [0.2, 0.25) is 0 Å². The van der Waals surface area contributed by atoms with Crippen LogP contribution in [-0.2, 0) is 19.5 Å². The second-order valence-electron chi connectivity index (χ2n) is 15.6. The molecule has 0 radical (unpaired) electrons. The fourth-order valence-electron chi connectivity index (χ4n) is 8.75. The molecule has 2 aliphatic heterocycles. The zero-order chi connectivity index (χ0) is 37.1. The topological polar surface area (TPSA) is 96.8 Å². The van der Waals surface area contributed by atoms with E-state index in [2.05, 4.69) is 49.3 Å². The van der Waals surface area contributed by atoms with E-state index in [1.807, 2.05) is 23.2 Å². The minimum atomic E-state index is -2.87. The summed E-state index contributed by atoms with van der Waals surface area (Å²) in [5, 5.41) is 8.12. The number of hydrogen-bond acceptors (Lipinski definition) is 9. The van der Waals surface area contributed by atoms with E-state index < -0.39 is 42.1 Å². The number of amides is 1. The van der Waals surface area contributed by atoms with Gasteiger partial charge in [-0.3, -0.25) is 14.7 Å². The highest BCUT2D eigenvalue weighted by Gasteiger charge is 2.58. The Morgan fingerprint density at radius 2 is 1.81 bits per heavy atom. The summed E-state index contributed by atoms with van der Waals surface area (Å²) in [6, 6.07) is 15.3. The average molecular weight is 748 g/mol. The first-order valence-electron chi connectivity index (χ1n) is 18.0. The number of aromatic nitrogens is 4. The van der Waals surface area contributed by atoms with Gasteiger partial charge < -0.3 is 19.3 Å². The predicted molar refractivity (Wildman–Crippen MR) is 192 cm³/mol. The van der Waals surface area contributed by atoms with Gasteiger partial charge in [-0.2, -0.15) is 4.98 Å². The summed E-state index contributed by atoms with van der Waals surface area (Å²) >= 11 is 6.46. The van der Waals surface area contributed by atoms with Crippen LogP contribution in [0, 0.1) is 11.2 Å². The minimum Gasteiger partial charge on any atom is -0.490 e. The van der Waals surface area contributed by atoms with Gasteiger partial charge in [0.15, 0.2) is 11.0 Å². The highest BCUT2D eigenvalue weighted by Crippen LogP contribution is 2.52. The third kappa shape index (κ3) is 7.01. The Morgan fingerprint density at radius 1 is 1.06 bits per heavy atom. The zero-order valence-corrected chi connectivity index (χ0v) is 30.6. The van der Waals surface area contributed by atoms with E-state index in [-0.39, 0.29) is 34.0 Å². The molecule has 1 amide bonds. The largest absolute Gasteiger partial charge is 0.490 e. The van der Waals surface area contributed by atoms with Crippen molar-refractivity contribution in [2.75, 3.05) is 24.5 Å². The van der Waals surface area contributed by atoms with Crippen molar-refractivity contribution in [3.8, 4) is 17.5 Å². The number of ether oxygens (including phenoxy) is 2. The van der Waals surface area contributed by atoms with Gasteiger partial charge in [-0.1, -0.05) is 47.0 Å². The molecule has 0 unspecified atom stereocenters.